The van der Waals surface area contributed by atoms with Crippen molar-refractivity contribution in [2.24, 2.45) is 0 Å². The second kappa shape index (κ2) is 8.71. The maximum atomic E-state index is 9.92. The standard InChI is InChI=1S/C36H18N4O4S2/c41-45-43-35-23-15-11-19-20-12-16-24-32-22(34-38-26-6-2-4-8-28(26)40(34)36(24)44-46-42)14-10-18(30(20)32)17-9-13-21(31(23)29(17)19)33-37-25-5-1-3-7-27(25)39(33)35/h1-16,41-42H. The van der Waals surface area contributed by atoms with Gasteiger partial charge in [-0.25, -0.2) is 9.97 Å². The number of para-hydroxylation sites is 4. The molecule has 8 nitrogen and oxygen atoms in total. The first-order valence-electron chi connectivity index (χ1n) is 14.6. The van der Waals surface area contributed by atoms with Gasteiger partial charge in [-0.15, -0.1) is 0 Å². The molecule has 0 aliphatic carbocycles. The highest BCUT2D eigenvalue weighted by Crippen LogP contribution is 2.50. The van der Waals surface area contributed by atoms with Crippen molar-refractivity contribution >= 4 is 123 Å². The molecule has 0 spiro atoms. The summed E-state index contributed by atoms with van der Waals surface area (Å²) in [7, 11) is 0. The number of fused-ring (bicyclic) bond motifs is 10. The van der Waals surface area contributed by atoms with E-state index in [4.69, 9.17) is 18.3 Å². The molecule has 0 saturated carbocycles. The smallest absolute Gasteiger partial charge is 0.225 e. The van der Waals surface area contributed by atoms with Gasteiger partial charge >= 0.3 is 0 Å². The van der Waals surface area contributed by atoms with Crippen LogP contribution in [0.25, 0.3) is 98.0 Å². The molecule has 4 aromatic heterocycles. The van der Waals surface area contributed by atoms with Crippen molar-refractivity contribution in [3.63, 3.8) is 0 Å². The molecule has 11 aromatic rings. The van der Waals surface area contributed by atoms with Crippen molar-refractivity contribution in [1.29, 1.82) is 0 Å². The molecule has 0 saturated heterocycles. The summed E-state index contributed by atoms with van der Waals surface area (Å²) in [5.74, 6) is 1.06. The third-order valence-electron chi connectivity index (χ3n) is 9.60. The number of imidazole rings is 2. The van der Waals surface area contributed by atoms with E-state index in [1.807, 2.05) is 57.3 Å². The Balaban J connectivity index is 1.37. The van der Waals surface area contributed by atoms with Crippen molar-refractivity contribution in [2.45, 2.75) is 0 Å². The van der Waals surface area contributed by atoms with Crippen LogP contribution in [0.5, 0.6) is 11.8 Å². The molecule has 218 valence electrons. The Morgan fingerprint density at radius 1 is 0.435 bits per heavy atom. The maximum absolute atomic E-state index is 9.92. The minimum Gasteiger partial charge on any atom is -0.380 e. The van der Waals surface area contributed by atoms with Gasteiger partial charge in [-0.05, 0) is 80.8 Å². The van der Waals surface area contributed by atoms with Crippen molar-refractivity contribution < 1.29 is 17.5 Å². The Kier molecular flexibility index (Phi) is 4.73. The molecule has 0 aliphatic heterocycles. The molecule has 2 N–H and O–H groups in total. The zero-order valence-electron chi connectivity index (χ0n) is 23.6. The van der Waals surface area contributed by atoms with Crippen LogP contribution in [-0.2, 0) is 0 Å². The van der Waals surface area contributed by atoms with Gasteiger partial charge in [0.05, 0.1) is 22.1 Å². The third kappa shape index (κ3) is 2.87. The lowest BCUT2D eigenvalue weighted by molar-refractivity contribution is 0.527. The van der Waals surface area contributed by atoms with Gasteiger partial charge in [0.2, 0.25) is 36.4 Å². The fourth-order valence-corrected chi connectivity index (χ4v) is 8.39. The fourth-order valence-electron chi connectivity index (χ4n) is 7.92. The van der Waals surface area contributed by atoms with E-state index in [0.29, 0.717) is 36.4 Å². The van der Waals surface area contributed by atoms with Gasteiger partial charge < -0.3 is 8.37 Å². The average Bonchev–Trinajstić information content (AvgIpc) is 3.68. The summed E-state index contributed by atoms with van der Waals surface area (Å²) in [6.07, 6.45) is 0. The van der Waals surface area contributed by atoms with Gasteiger partial charge in [0, 0.05) is 32.3 Å². The molecule has 0 fully saturated rings. The van der Waals surface area contributed by atoms with Crippen LogP contribution in [0.3, 0.4) is 0 Å². The number of aromatic nitrogens is 4. The number of hydrogen-bond acceptors (Lipinski definition) is 8. The number of hydrogen-bond donors (Lipinski definition) is 2. The summed E-state index contributed by atoms with van der Waals surface area (Å²) in [6.45, 7) is 0. The van der Waals surface area contributed by atoms with Gasteiger partial charge in [-0.1, -0.05) is 48.5 Å². The molecule has 10 heteroatoms. The van der Waals surface area contributed by atoms with Crippen molar-refractivity contribution in [2.75, 3.05) is 0 Å². The van der Waals surface area contributed by atoms with E-state index in [1.165, 1.54) is 0 Å². The first-order valence-corrected chi connectivity index (χ1v) is 16.0. The van der Waals surface area contributed by atoms with Crippen LogP contribution >= 0.6 is 24.6 Å². The summed E-state index contributed by atoms with van der Waals surface area (Å²) >= 11 is 0.679. The van der Waals surface area contributed by atoms with Crippen molar-refractivity contribution in [1.82, 2.24) is 18.8 Å². The second-order valence-electron chi connectivity index (χ2n) is 11.6. The summed E-state index contributed by atoms with van der Waals surface area (Å²) in [4.78, 5) is 10.1. The van der Waals surface area contributed by atoms with Crippen LogP contribution in [-0.4, -0.2) is 27.9 Å². The van der Waals surface area contributed by atoms with E-state index in [-0.39, 0.29) is 0 Å². The van der Waals surface area contributed by atoms with Gasteiger partial charge in [0.25, 0.3) is 0 Å². The molecule has 0 atom stereocenters. The van der Waals surface area contributed by atoms with E-state index in [1.54, 1.807) is 0 Å². The maximum Gasteiger partial charge on any atom is 0.225 e. The molecule has 4 heterocycles. The Hall–Kier alpha value is -5.26. The lowest BCUT2D eigenvalue weighted by atomic mass is 9.86. The molecule has 0 amide bonds. The van der Waals surface area contributed by atoms with Crippen LogP contribution in [0.4, 0.5) is 0 Å². The van der Waals surface area contributed by atoms with Crippen molar-refractivity contribution in [3.8, 4) is 11.8 Å². The number of rotatable bonds is 4. The average molecular weight is 635 g/mol. The first-order chi connectivity index (χ1) is 22.8. The minimum atomic E-state index is 0.340. The minimum absolute atomic E-state index is 0.340. The van der Waals surface area contributed by atoms with Crippen LogP contribution in [0.2, 0.25) is 0 Å². The lowest BCUT2D eigenvalue weighted by Gasteiger charge is -2.20. The second-order valence-corrected chi connectivity index (χ2v) is 12.2. The first kappa shape index (κ1) is 25.0. The zero-order valence-corrected chi connectivity index (χ0v) is 25.2. The number of pyridine rings is 2. The molecule has 11 rings (SSSR count). The molecular formula is C36H18N4O4S2. The van der Waals surface area contributed by atoms with E-state index in [0.717, 1.165) is 98.0 Å². The lowest BCUT2D eigenvalue weighted by Crippen LogP contribution is -1.99. The highest BCUT2D eigenvalue weighted by Gasteiger charge is 2.25. The quantitative estimate of drug-likeness (QED) is 0.112. The van der Waals surface area contributed by atoms with Crippen LogP contribution in [0.1, 0.15) is 0 Å². The predicted molar refractivity (Wildman–Crippen MR) is 188 cm³/mol. The Labute approximate surface area is 266 Å². The normalized spacial score (nSPS) is 12.7. The SMILES string of the molecule is OSOc1c2ccc3c4ccc5c(OSO)n6c7ccccc7nc6c6ccc(c7ccc(c2c37)c2nc3ccccc3n12)c4c56. The topological polar surface area (TPSA) is 93.5 Å². The van der Waals surface area contributed by atoms with E-state index in [9.17, 15) is 9.11 Å². The molecule has 0 unspecified atom stereocenters. The van der Waals surface area contributed by atoms with Crippen LogP contribution in [0, 0.1) is 0 Å². The van der Waals surface area contributed by atoms with Gasteiger partial charge in [-0.2, -0.15) is 0 Å². The molecule has 0 radical (unpaired) electrons. The summed E-state index contributed by atoms with van der Waals surface area (Å²) in [5.41, 5.74) is 5.07. The molecular weight excluding hydrogens is 617 g/mol. The highest BCUT2D eigenvalue weighted by atomic mass is 32.2. The van der Waals surface area contributed by atoms with Crippen molar-refractivity contribution in [3.05, 3.63) is 97.1 Å². The number of benzene rings is 7. The summed E-state index contributed by atoms with van der Waals surface area (Å²) < 4.78 is 35.6. The van der Waals surface area contributed by atoms with Crippen LogP contribution < -0.4 is 8.37 Å². The number of nitrogens with zero attached hydrogens (tertiary/aromatic N) is 4. The monoisotopic (exact) mass is 634 g/mol. The molecule has 0 aliphatic rings. The van der Waals surface area contributed by atoms with E-state index < -0.39 is 0 Å². The summed E-state index contributed by atoms with van der Waals surface area (Å²) in [5, 5.41) is 12.5. The van der Waals surface area contributed by atoms with E-state index in [2.05, 4.69) is 48.5 Å². The van der Waals surface area contributed by atoms with Gasteiger partial charge in [-0.3, -0.25) is 17.9 Å². The molecule has 46 heavy (non-hydrogen) atoms. The van der Waals surface area contributed by atoms with Crippen LogP contribution in [0.15, 0.2) is 97.1 Å². The Bertz CT molecular complexity index is 2850. The third-order valence-corrected chi connectivity index (χ3v) is 10.1. The Morgan fingerprint density at radius 3 is 1.20 bits per heavy atom. The highest BCUT2D eigenvalue weighted by molar-refractivity contribution is 7.89. The summed E-state index contributed by atoms with van der Waals surface area (Å²) in [6, 6.07) is 33.1. The van der Waals surface area contributed by atoms with E-state index >= 15 is 0 Å². The van der Waals surface area contributed by atoms with Gasteiger partial charge in [0.15, 0.2) is 0 Å². The van der Waals surface area contributed by atoms with Gasteiger partial charge in [0.1, 0.15) is 11.3 Å². The Morgan fingerprint density at radius 2 is 0.783 bits per heavy atom. The molecule has 7 aromatic carbocycles. The zero-order chi connectivity index (χ0) is 30.3. The molecule has 0 bridgehead atoms. The predicted octanol–water partition coefficient (Wildman–Crippen LogP) is 10.1. The fraction of sp³-hybridized carbons (Fsp3) is 0. The largest absolute Gasteiger partial charge is 0.380 e.